The van der Waals surface area contributed by atoms with Gasteiger partial charge in [-0.25, -0.2) is 0 Å². The summed E-state index contributed by atoms with van der Waals surface area (Å²) in [5.74, 6) is -0.330. The molecule has 0 bridgehead atoms. The van der Waals surface area contributed by atoms with Gasteiger partial charge in [0.25, 0.3) is 5.91 Å². The van der Waals surface area contributed by atoms with Gasteiger partial charge in [-0.3, -0.25) is 14.4 Å². The van der Waals surface area contributed by atoms with Crippen LogP contribution in [0.3, 0.4) is 0 Å². The van der Waals surface area contributed by atoms with Crippen LogP contribution in [0.15, 0.2) is 66.7 Å². The van der Waals surface area contributed by atoms with Crippen LogP contribution in [0.5, 0.6) is 5.75 Å². The first-order valence-corrected chi connectivity index (χ1v) is 12.6. The molecule has 37 heavy (non-hydrogen) atoms. The maximum Gasteiger partial charge on any atom is 0.262 e. The lowest BCUT2D eigenvalue weighted by atomic mass is 10.1. The molecule has 0 aromatic heterocycles. The van der Waals surface area contributed by atoms with Crippen molar-refractivity contribution >= 4 is 29.1 Å². The van der Waals surface area contributed by atoms with Crippen LogP contribution in [0, 0.1) is 19.8 Å². The molecule has 0 radical (unpaired) electrons. The number of aryl methyl sites for hydroxylation is 2. The standard InChI is InChI=1S/C30H33N3O4/c1-4-22-8-10-23(11-9-22)17-31-30(36)24-16-29(35)33(18-24)25-12-14-26(15-13-25)37-19-28(34)32-27-7-5-6-20(2)21(27)3/h5-15,24H,4,16-19H2,1-3H3,(H,31,36)(H,32,34)/t24-/m0/s1. The van der Waals surface area contributed by atoms with Gasteiger partial charge in [0.15, 0.2) is 6.61 Å². The number of hydrogen-bond acceptors (Lipinski definition) is 4. The molecule has 3 aromatic carbocycles. The van der Waals surface area contributed by atoms with Gasteiger partial charge in [-0.2, -0.15) is 0 Å². The van der Waals surface area contributed by atoms with Crippen molar-refractivity contribution in [3.63, 3.8) is 0 Å². The summed E-state index contributed by atoms with van der Waals surface area (Å²) in [6.07, 6.45) is 1.15. The summed E-state index contributed by atoms with van der Waals surface area (Å²) in [5.41, 5.74) is 5.88. The molecule has 0 aliphatic carbocycles. The van der Waals surface area contributed by atoms with E-state index in [0.717, 1.165) is 28.8 Å². The molecule has 0 unspecified atom stereocenters. The topological polar surface area (TPSA) is 87.7 Å². The number of hydrogen-bond donors (Lipinski definition) is 2. The minimum Gasteiger partial charge on any atom is -0.484 e. The van der Waals surface area contributed by atoms with E-state index in [0.29, 0.717) is 24.5 Å². The predicted molar refractivity (Wildman–Crippen MR) is 145 cm³/mol. The van der Waals surface area contributed by atoms with Crippen LogP contribution in [0.4, 0.5) is 11.4 Å². The fourth-order valence-corrected chi connectivity index (χ4v) is 4.30. The van der Waals surface area contributed by atoms with Crippen molar-refractivity contribution in [1.29, 1.82) is 0 Å². The number of benzene rings is 3. The Kier molecular flexibility index (Phi) is 8.23. The summed E-state index contributed by atoms with van der Waals surface area (Å²) < 4.78 is 5.62. The van der Waals surface area contributed by atoms with E-state index in [4.69, 9.17) is 4.74 Å². The summed E-state index contributed by atoms with van der Waals surface area (Å²) in [4.78, 5) is 39.2. The third-order valence-electron chi connectivity index (χ3n) is 6.79. The molecule has 1 aliphatic rings. The summed E-state index contributed by atoms with van der Waals surface area (Å²) in [5, 5.41) is 5.83. The van der Waals surface area contributed by atoms with Crippen molar-refractivity contribution in [2.45, 2.75) is 40.2 Å². The number of amides is 3. The molecule has 1 aliphatic heterocycles. The second kappa shape index (κ2) is 11.7. The van der Waals surface area contributed by atoms with Gasteiger partial charge in [-0.1, -0.05) is 43.3 Å². The van der Waals surface area contributed by atoms with E-state index < -0.39 is 5.92 Å². The SMILES string of the molecule is CCc1ccc(CNC(=O)[C@H]2CC(=O)N(c3ccc(OCC(=O)Nc4cccc(C)c4C)cc3)C2)cc1. The lowest BCUT2D eigenvalue weighted by Crippen LogP contribution is -2.32. The molecule has 7 heteroatoms. The summed E-state index contributed by atoms with van der Waals surface area (Å²) in [7, 11) is 0. The molecule has 2 N–H and O–H groups in total. The van der Waals surface area contributed by atoms with Gasteiger partial charge >= 0.3 is 0 Å². The van der Waals surface area contributed by atoms with Crippen molar-refractivity contribution in [1.82, 2.24) is 5.32 Å². The fraction of sp³-hybridized carbons (Fsp3) is 0.300. The Labute approximate surface area is 217 Å². The van der Waals surface area contributed by atoms with E-state index >= 15 is 0 Å². The maximum absolute atomic E-state index is 12.7. The Morgan fingerprint density at radius 3 is 2.38 bits per heavy atom. The smallest absolute Gasteiger partial charge is 0.262 e. The number of rotatable bonds is 9. The zero-order chi connectivity index (χ0) is 26.4. The Hall–Kier alpha value is -4.13. The maximum atomic E-state index is 12.7. The first-order chi connectivity index (χ1) is 17.8. The monoisotopic (exact) mass is 499 g/mol. The van der Waals surface area contributed by atoms with Crippen LogP contribution in [0.1, 0.15) is 35.6 Å². The van der Waals surface area contributed by atoms with E-state index in [2.05, 4.69) is 29.7 Å². The van der Waals surface area contributed by atoms with Gasteiger partial charge in [-0.15, -0.1) is 0 Å². The minimum atomic E-state index is -0.396. The average molecular weight is 500 g/mol. The van der Waals surface area contributed by atoms with Crippen LogP contribution < -0.4 is 20.3 Å². The molecule has 192 valence electrons. The molecule has 7 nitrogen and oxygen atoms in total. The molecule has 4 rings (SSSR count). The van der Waals surface area contributed by atoms with Crippen molar-refractivity contribution in [3.05, 3.63) is 89.0 Å². The van der Waals surface area contributed by atoms with E-state index in [-0.39, 0.29) is 30.7 Å². The second-order valence-electron chi connectivity index (χ2n) is 9.37. The lowest BCUT2D eigenvalue weighted by molar-refractivity contribution is -0.126. The zero-order valence-corrected chi connectivity index (χ0v) is 21.5. The van der Waals surface area contributed by atoms with Crippen molar-refractivity contribution in [2.24, 2.45) is 5.92 Å². The molecular formula is C30H33N3O4. The summed E-state index contributed by atoms with van der Waals surface area (Å²) >= 11 is 0. The Bertz CT molecular complexity index is 1270. The van der Waals surface area contributed by atoms with Gasteiger partial charge in [0.1, 0.15) is 5.75 Å². The Morgan fingerprint density at radius 1 is 0.973 bits per heavy atom. The van der Waals surface area contributed by atoms with Crippen molar-refractivity contribution < 1.29 is 19.1 Å². The minimum absolute atomic E-state index is 0.0889. The van der Waals surface area contributed by atoms with Gasteiger partial charge in [0.05, 0.1) is 5.92 Å². The molecule has 0 saturated carbocycles. The number of nitrogens with one attached hydrogen (secondary N) is 2. The third kappa shape index (κ3) is 6.55. The molecule has 3 amide bonds. The molecule has 3 aromatic rings. The highest BCUT2D eigenvalue weighted by molar-refractivity contribution is 6.00. The largest absolute Gasteiger partial charge is 0.484 e. The first kappa shape index (κ1) is 25.9. The third-order valence-corrected chi connectivity index (χ3v) is 6.79. The highest BCUT2D eigenvalue weighted by Crippen LogP contribution is 2.27. The summed E-state index contributed by atoms with van der Waals surface area (Å²) in [6, 6.07) is 20.9. The first-order valence-electron chi connectivity index (χ1n) is 12.6. The average Bonchev–Trinajstić information content (AvgIpc) is 3.31. The molecular weight excluding hydrogens is 466 g/mol. The number of carbonyl (C=O) groups is 3. The van der Waals surface area contributed by atoms with Gasteiger partial charge in [-0.05, 0) is 72.9 Å². The zero-order valence-electron chi connectivity index (χ0n) is 21.5. The second-order valence-corrected chi connectivity index (χ2v) is 9.37. The van der Waals surface area contributed by atoms with Crippen LogP contribution in [0.2, 0.25) is 0 Å². The van der Waals surface area contributed by atoms with Gasteiger partial charge in [0, 0.05) is 30.9 Å². The normalized spacial score (nSPS) is 14.9. The molecule has 0 spiro atoms. The van der Waals surface area contributed by atoms with Crippen molar-refractivity contribution in [3.8, 4) is 5.75 Å². The van der Waals surface area contributed by atoms with E-state index in [9.17, 15) is 14.4 Å². The van der Waals surface area contributed by atoms with E-state index in [1.165, 1.54) is 5.56 Å². The number of anilines is 2. The highest BCUT2D eigenvalue weighted by Gasteiger charge is 2.35. The number of ether oxygens (including phenoxy) is 1. The van der Waals surface area contributed by atoms with Gasteiger partial charge in [0.2, 0.25) is 11.8 Å². The van der Waals surface area contributed by atoms with Crippen LogP contribution in [-0.2, 0) is 27.3 Å². The Balaban J connectivity index is 1.26. The lowest BCUT2D eigenvalue weighted by Gasteiger charge is -2.17. The molecule has 1 fully saturated rings. The molecule has 1 heterocycles. The Morgan fingerprint density at radius 2 is 1.68 bits per heavy atom. The van der Waals surface area contributed by atoms with Crippen molar-refractivity contribution in [2.75, 3.05) is 23.4 Å². The summed E-state index contributed by atoms with van der Waals surface area (Å²) in [6.45, 7) is 6.71. The fourth-order valence-electron chi connectivity index (χ4n) is 4.30. The number of nitrogens with zero attached hydrogens (tertiary/aromatic N) is 1. The quantitative estimate of drug-likeness (QED) is 0.452. The molecule has 1 atom stereocenters. The van der Waals surface area contributed by atoms with Gasteiger partial charge < -0.3 is 20.3 Å². The van der Waals surface area contributed by atoms with Crippen LogP contribution in [0.25, 0.3) is 0 Å². The van der Waals surface area contributed by atoms with E-state index in [1.807, 2.05) is 44.2 Å². The van der Waals surface area contributed by atoms with E-state index in [1.54, 1.807) is 29.2 Å². The number of carbonyl (C=O) groups excluding carboxylic acids is 3. The molecule has 1 saturated heterocycles. The predicted octanol–water partition coefficient (Wildman–Crippen LogP) is 4.55. The highest BCUT2D eigenvalue weighted by atomic mass is 16.5. The van der Waals surface area contributed by atoms with Crippen LogP contribution in [-0.4, -0.2) is 30.9 Å². The van der Waals surface area contributed by atoms with Crippen LogP contribution >= 0.6 is 0 Å².